The molecule has 1 fully saturated rings. The predicted octanol–water partition coefficient (Wildman–Crippen LogP) is 3.03. The molecule has 0 N–H and O–H groups in total. The summed E-state index contributed by atoms with van der Waals surface area (Å²) >= 11 is 6.33. The number of nitrogens with zero attached hydrogens (tertiary/aromatic N) is 1. The van der Waals surface area contributed by atoms with Crippen LogP contribution in [-0.2, 0) is 6.42 Å². The third-order valence-electron chi connectivity index (χ3n) is 2.96. The van der Waals surface area contributed by atoms with Gasteiger partial charge in [-0.05, 0) is 42.4 Å². The van der Waals surface area contributed by atoms with Gasteiger partial charge in [0.1, 0.15) is 0 Å². The van der Waals surface area contributed by atoms with Gasteiger partial charge in [0.15, 0.2) is 0 Å². The molecule has 1 saturated carbocycles. The van der Waals surface area contributed by atoms with Crippen molar-refractivity contribution in [3.8, 4) is 0 Å². The first-order valence-corrected chi connectivity index (χ1v) is 5.17. The summed E-state index contributed by atoms with van der Waals surface area (Å²) < 4.78 is 0. The van der Waals surface area contributed by atoms with Gasteiger partial charge in [0, 0.05) is 17.8 Å². The molecule has 1 atom stereocenters. The van der Waals surface area contributed by atoms with Crippen LogP contribution in [0.25, 0.3) is 0 Å². The topological polar surface area (TPSA) is 12.9 Å². The van der Waals surface area contributed by atoms with Crippen LogP contribution in [-0.4, -0.2) is 10.4 Å². The van der Waals surface area contributed by atoms with Crippen molar-refractivity contribution in [2.24, 2.45) is 5.41 Å². The van der Waals surface area contributed by atoms with E-state index in [0.29, 0.717) is 5.41 Å². The maximum atomic E-state index is 6.33. The molecule has 1 aliphatic rings. The van der Waals surface area contributed by atoms with E-state index in [4.69, 9.17) is 11.6 Å². The summed E-state index contributed by atoms with van der Waals surface area (Å²) in [5.74, 6) is 0. The molecule has 2 rings (SSSR count). The van der Waals surface area contributed by atoms with E-state index in [-0.39, 0.29) is 5.38 Å². The Morgan fingerprint density at radius 1 is 1.46 bits per heavy atom. The van der Waals surface area contributed by atoms with Gasteiger partial charge in [-0.3, -0.25) is 4.98 Å². The van der Waals surface area contributed by atoms with E-state index in [0.717, 1.165) is 6.42 Å². The fraction of sp³-hybridized carbons (Fsp3) is 0.545. The normalized spacial score (nSPS) is 21.1. The summed E-state index contributed by atoms with van der Waals surface area (Å²) in [7, 11) is 0. The van der Waals surface area contributed by atoms with E-state index in [2.05, 4.69) is 11.9 Å². The number of pyridine rings is 1. The number of rotatable bonds is 3. The molecule has 70 valence electrons. The molecule has 1 aromatic heterocycles. The second-order valence-corrected chi connectivity index (χ2v) is 4.71. The average Bonchev–Trinajstić information content (AvgIpc) is 2.87. The highest BCUT2D eigenvalue weighted by molar-refractivity contribution is 6.21. The van der Waals surface area contributed by atoms with Crippen LogP contribution in [0.2, 0.25) is 0 Å². The van der Waals surface area contributed by atoms with Gasteiger partial charge in [-0.15, -0.1) is 11.6 Å². The molecule has 1 heterocycles. The number of hydrogen-bond donors (Lipinski definition) is 0. The molecule has 0 bridgehead atoms. The van der Waals surface area contributed by atoms with Crippen LogP contribution in [0.4, 0.5) is 0 Å². The van der Waals surface area contributed by atoms with Gasteiger partial charge in [-0.2, -0.15) is 0 Å². The van der Waals surface area contributed by atoms with Crippen LogP contribution in [0.1, 0.15) is 25.3 Å². The first-order chi connectivity index (χ1) is 6.21. The van der Waals surface area contributed by atoms with Crippen molar-refractivity contribution in [2.75, 3.05) is 0 Å². The molecule has 1 nitrogen and oxygen atoms in total. The van der Waals surface area contributed by atoms with Gasteiger partial charge >= 0.3 is 0 Å². The van der Waals surface area contributed by atoms with Crippen molar-refractivity contribution in [2.45, 2.75) is 31.6 Å². The zero-order chi connectivity index (χ0) is 9.31. The molecule has 0 saturated heterocycles. The smallest absolute Gasteiger partial charge is 0.0430 e. The monoisotopic (exact) mass is 195 g/mol. The summed E-state index contributed by atoms with van der Waals surface area (Å²) in [6.45, 7) is 2.27. The average molecular weight is 196 g/mol. The van der Waals surface area contributed by atoms with E-state index in [1.54, 1.807) is 0 Å². The van der Waals surface area contributed by atoms with Crippen molar-refractivity contribution in [1.29, 1.82) is 0 Å². The van der Waals surface area contributed by atoms with E-state index in [1.165, 1.54) is 18.4 Å². The second-order valence-electron chi connectivity index (χ2n) is 4.18. The predicted molar refractivity (Wildman–Crippen MR) is 54.9 cm³/mol. The van der Waals surface area contributed by atoms with E-state index < -0.39 is 0 Å². The van der Waals surface area contributed by atoms with Crippen molar-refractivity contribution in [3.63, 3.8) is 0 Å². The van der Waals surface area contributed by atoms with Gasteiger partial charge in [0.2, 0.25) is 0 Å². The molecule has 0 spiro atoms. The zero-order valence-electron chi connectivity index (χ0n) is 7.83. The molecule has 0 radical (unpaired) electrons. The molecule has 13 heavy (non-hydrogen) atoms. The van der Waals surface area contributed by atoms with Crippen molar-refractivity contribution < 1.29 is 0 Å². The minimum absolute atomic E-state index is 0.287. The number of halogens is 1. The highest BCUT2D eigenvalue weighted by Crippen LogP contribution is 2.51. The molecule has 1 unspecified atom stereocenters. The molecular weight excluding hydrogens is 182 g/mol. The Bertz CT molecular complexity index is 279. The fourth-order valence-corrected chi connectivity index (χ4v) is 1.88. The Morgan fingerprint density at radius 3 is 2.62 bits per heavy atom. The Morgan fingerprint density at radius 2 is 2.08 bits per heavy atom. The minimum Gasteiger partial charge on any atom is -0.265 e. The summed E-state index contributed by atoms with van der Waals surface area (Å²) in [6, 6.07) is 4.09. The van der Waals surface area contributed by atoms with Crippen LogP contribution in [0.5, 0.6) is 0 Å². The molecule has 2 heteroatoms. The second kappa shape index (κ2) is 3.30. The first kappa shape index (κ1) is 9.01. The van der Waals surface area contributed by atoms with Crippen LogP contribution in [0, 0.1) is 5.41 Å². The zero-order valence-corrected chi connectivity index (χ0v) is 8.59. The summed E-state index contributed by atoms with van der Waals surface area (Å²) in [5.41, 5.74) is 1.70. The van der Waals surface area contributed by atoms with E-state index in [1.807, 2.05) is 24.5 Å². The summed E-state index contributed by atoms with van der Waals surface area (Å²) in [5, 5.41) is 0.287. The third-order valence-corrected chi connectivity index (χ3v) is 3.64. The van der Waals surface area contributed by atoms with Crippen molar-refractivity contribution in [3.05, 3.63) is 30.1 Å². The quantitative estimate of drug-likeness (QED) is 0.676. The minimum atomic E-state index is 0.287. The van der Waals surface area contributed by atoms with E-state index in [9.17, 15) is 0 Å². The molecular formula is C11H14ClN. The van der Waals surface area contributed by atoms with Crippen molar-refractivity contribution in [1.82, 2.24) is 4.98 Å². The molecule has 1 aliphatic carbocycles. The van der Waals surface area contributed by atoms with Gasteiger partial charge < -0.3 is 0 Å². The van der Waals surface area contributed by atoms with Crippen LogP contribution in [0.15, 0.2) is 24.5 Å². The van der Waals surface area contributed by atoms with Gasteiger partial charge in [0.25, 0.3) is 0 Å². The highest BCUT2D eigenvalue weighted by Gasteiger charge is 2.43. The number of alkyl halides is 1. The van der Waals surface area contributed by atoms with Crippen molar-refractivity contribution >= 4 is 11.6 Å². The first-order valence-electron chi connectivity index (χ1n) is 4.74. The molecule has 0 aliphatic heterocycles. The molecule has 0 aromatic carbocycles. The number of aromatic nitrogens is 1. The Kier molecular flexibility index (Phi) is 2.29. The summed E-state index contributed by atoms with van der Waals surface area (Å²) in [6.07, 6.45) is 7.20. The maximum absolute atomic E-state index is 6.33. The highest BCUT2D eigenvalue weighted by atomic mass is 35.5. The van der Waals surface area contributed by atoms with Gasteiger partial charge in [-0.1, -0.05) is 6.92 Å². The van der Waals surface area contributed by atoms with Crippen LogP contribution < -0.4 is 0 Å². The largest absolute Gasteiger partial charge is 0.265 e. The van der Waals surface area contributed by atoms with Gasteiger partial charge in [0.05, 0.1) is 0 Å². The fourth-order valence-electron chi connectivity index (χ4n) is 1.48. The van der Waals surface area contributed by atoms with Crippen LogP contribution in [0.3, 0.4) is 0 Å². The number of hydrogen-bond acceptors (Lipinski definition) is 1. The summed E-state index contributed by atoms with van der Waals surface area (Å²) in [4.78, 5) is 3.99. The molecule has 0 amide bonds. The Labute approximate surface area is 84.1 Å². The van der Waals surface area contributed by atoms with E-state index >= 15 is 0 Å². The lowest BCUT2D eigenvalue weighted by molar-refractivity contribution is 0.528. The molecule has 1 aromatic rings. The lowest BCUT2D eigenvalue weighted by Crippen LogP contribution is -2.15. The SMILES string of the molecule is CC1(C(Cl)Cc2ccncc2)CC1. The standard InChI is InChI=1S/C11H14ClN/c1-11(4-5-11)10(12)8-9-2-6-13-7-3-9/h2-3,6-7,10H,4-5,8H2,1H3. The Balaban J connectivity index is 1.98. The lowest BCUT2D eigenvalue weighted by atomic mass is 9.99. The lowest BCUT2D eigenvalue weighted by Gasteiger charge is -2.15. The van der Waals surface area contributed by atoms with Gasteiger partial charge in [-0.25, -0.2) is 0 Å². The maximum Gasteiger partial charge on any atom is 0.0430 e. The van der Waals surface area contributed by atoms with Crippen LogP contribution >= 0.6 is 11.6 Å². The third kappa shape index (κ3) is 2.02. The Hall–Kier alpha value is -0.560.